The standard InChI is InChI=1S/C17H20FN3O4/c1-10(7-8-19)15(17(24)25)21-16(23)14(20-11(2)22)9-12-3-5-13(18)6-4-12/h3-6,10,14-15H,7,9H2,1-2H3,(H,20,22)(H,21,23)(H,24,25)/t10-,14+,15-/m1/s1. The van der Waals surface area contributed by atoms with Crippen LogP contribution in [0.3, 0.4) is 0 Å². The van der Waals surface area contributed by atoms with Crippen molar-refractivity contribution in [2.45, 2.75) is 38.8 Å². The van der Waals surface area contributed by atoms with E-state index in [1.54, 1.807) is 0 Å². The van der Waals surface area contributed by atoms with Crippen LogP contribution < -0.4 is 10.6 Å². The van der Waals surface area contributed by atoms with Crippen LogP contribution in [-0.2, 0) is 20.8 Å². The first kappa shape index (κ1) is 20.1. The van der Waals surface area contributed by atoms with Crippen LogP contribution in [-0.4, -0.2) is 35.0 Å². The molecule has 3 atom stereocenters. The van der Waals surface area contributed by atoms with E-state index in [4.69, 9.17) is 5.26 Å². The van der Waals surface area contributed by atoms with Gasteiger partial charge in [-0.05, 0) is 17.7 Å². The number of carboxylic acids is 1. The van der Waals surface area contributed by atoms with Gasteiger partial charge in [0.05, 0.1) is 6.07 Å². The zero-order valence-corrected chi connectivity index (χ0v) is 14.0. The highest BCUT2D eigenvalue weighted by molar-refractivity contribution is 5.90. The molecule has 0 saturated heterocycles. The predicted molar refractivity (Wildman–Crippen MR) is 86.7 cm³/mol. The summed E-state index contributed by atoms with van der Waals surface area (Å²) in [5.74, 6) is -3.44. The second kappa shape index (κ2) is 9.37. The molecule has 0 unspecified atom stereocenters. The van der Waals surface area contributed by atoms with Gasteiger partial charge in [-0.1, -0.05) is 19.1 Å². The highest BCUT2D eigenvalue weighted by atomic mass is 19.1. The summed E-state index contributed by atoms with van der Waals surface area (Å²) in [6.07, 6.45) is 0.0324. The molecular formula is C17H20FN3O4. The molecule has 1 rings (SSSR count). The number of aliphatic carboxylic acids is 1. The molecule has 0 spiro atoms. The number of hydrogen-bond donors (Lipinski definition) is 3. The fourth-order valence-electron chi connectivity index (χ4n) is 2.27. The normalized spacial score (nSPS) is 13.8. The lowest BCUT2D eigenvalue weighted by molar-refractivity contribution is -0.143. The smallest absolute Gasteiger partial charge is 0.326 e. The third kappa shape index (κ3) is 6.59. The lowest BCUT2D eigenvalue weighted by atomic mass is 9.98. The molecule has 0 heterocycles. The van der Waals surface area contributed by atoms with E-state index in [1.807, 2.05) is 6.07 Å². The van der Waals surface area contributed by atoms with E-state index in [0.717, 1.165) is 0 Å². The zero-order valence-electron chi connectivity index (χ0n) is 14.0. The number of benzene rings is 1. The third-order valence-electron chi connectivity index (χ3n) is 3.59. The summed E-state index contributed by atoms with van der Waals surface area (Å²) in [5, 5.41) is 22.8. The van der Waals surface area contributed by atoms with Gasteiger partial charge in [0.1, 0.15) is 17.9 Å². The first-order valence-corrected chi connectivity index (χ1v) is 7.66. The van der Waals surface area contributed by atoms with Crippen molar-refractivity contribution in [1.82, 2.24) is 10.6 Å². The molecule has 0 aromatic heterocycles. The van der Waals surface area contributed by atoms with Crippen molar-refractivity contribution in [2.75, 3.05) is 0 Å². The molecule has 8 heteroatoms. The molecule has 2 amide bonds. The number of carboxylic acid groups (broad SMARTS) is 1. The fraction of sp³-hybridized carbons (Fsp3) is 0.412. The lowest BCUT2D eigenvalue weighted by Gasteiger charge is -2.23. The Kier molecular flexibility index (Phi) is 7.53. The molecule has 0 aliphatic heterocycles. The minimum Gasteiger partial charge on any atom is -0.480 e. The van der Waals surface area contributed by atoms with Gasteiger partial charge in [-0.25, -0.2) is 9.18 Å². The van der Waals surface area contributed by atoms with Crippen molar-refractivity contribution in [3.8, 4) is 6.07 Å². The number of rotatable bonds is 8. The Hall–Kier alpha value is -2.95. The van der Waals surface area contributed by atoms with Crippen LogP contribution in [0.4, 0.5) is 4.39 Å². The molecule has 3 N–H and O–H groups in total. The SMILES string of the molecule is CC(=O)N[C@@H](Cc1ccc(F)cc1)C(=O)N[C@@H](C(=O)O)[C@H](C)CC#N. The Morgan fingerprint density at radius 3 is 2.32 bits per heavy atom. The van der Waals surface area contributed by atoms with Gasteiger partial charge in [0.2, 0.25) is 11.8 Å². The van der Waals surface area contributed by atoms with E-state index in [2.05, 4.69) is 10.6 Å². The molecule has 1 aromatic carbocycles. The number of halogens is 1. The number of carbonyl (C=O) groups is 3. The minimum atomic E-state index is -1.26. The number of carbonyl (C=O) groups excluding carboxylic acids is 2. The summed E-state index contributed by atoms with van der Waals surface area (Å²) in [6.45, 7) is 2.77. The molecule has 0 aliphatic rings. The lowest BCUT2D eigenvalue weighted by Crippen LogP contribution is -2.53. The number of nitriles is 1. The summed E-state index contributed by atoms with van der Waals surface area (Å²) in [6, 6.07) is 5.01. The van der Waals surface area contributed by atoms with E-state index >= 15 is 0 Å². The molecule has 0 radical (unpaired) electrons. The van der Waals surface area contributed by atoms with Crippen LogP contribution in [0.2, 0.25) is 0 Å². The van der Waals surface area contributed by atoms with Crippen LogP contribution >= 0.6 is 0 Å². The first-order chi connectivity index (χ1) is 11.7. The van der Waals surface area contributed by atoms with E-state index in [9.17, 15) is 23.9 Å². The molecule has 0 bridgehead atoms. The maximum atomic E-state index is 13.0. The number of nitrogens with one attached hydrogen (secondary N) is 2. The largest absolute Gasteiger partial charge is 0.480 e. The van der Waals surface area contributed by atoms with E-state index in [1.165, 1.54) is 38.1 Å². The van der Waals surface area contributed by atoms with E-state index in [-0.39, 0.29) is 12.8 Å². The molecular weight excluding hydrogens is 329 g/mol. The molecule has 0 saturated carbocycles. The molecule has 134 valence electrons. The van der Waals surface area contributed by atoms with Gasteiger partial charge in [0.15, 0.2) is 0 Å². The topological polar surface area (TPSA) is 119 Å². The number of hydrogen-bond acceptors (Lipinski definition) is 4. The van der Waals surface area contributed by atoms with Crippen molar-refractivity contribution in [3.63, 3.8) is 0 Å². The Balaban J connectivity index is 2.91. The number of nitrogens with zero attached hydrogens (tertiary/aromatic N) is 1. The maximum absolute atomic E-state index is 13.0. The molecule has 0 aliphatic carbocycles. The van der Waals surface area contributed by atoms with Crippen LogP contribution in [0, 0.1) is 23.1 Å². The van der Waals surface area contributed by atoms with Crippen molar-refractivity contribution in [2.24, 2.45) is 5.92 Å². The molecule has 1 aromatic rings. The van der Waals surface area contributed by atoms with Crippen molar-refractivity contribution >= 4 is 17.8 Å². The molecule has 25 heavy (non-hydrogen) atoms. The minimum absolute atomic E-state index is 0.0417. The number of amides is 2. The van der Waals surface area contributed by atoms with Crippen LogP contribution in [0.5, 0.6) is 0 Å². The van der Waals surface area contributed by atoms with Gasteiger partial charge in [0.25, 0.3) is 0 Å². The average Bonchev–Trinajstić information content (AvgIpc) is 2.53. The van der Waals surface area contributed by atoms with Crippen molar-refractivity contribution in [3.05, 3.63) is 35.6 Å². The van der Waals surface area contributed by atoms with Gasteiger partial charge in [0, 0.05) is 25.7 Å². The quantitative estimate of drug-likeness (QED) is 0.647. The monoisotopic (exact) mass is 349 g/mol. The first-order valence-electron chi connectivity index (χ1n) is 7.66. The maximum Gasteiger partial charge on any atom is 0.326 e. The summed E-state index contributed by atoms with van der Waals surface area (Å²) in [4.78, 5) is 35.1. The Morgan fingerprint density at radius 1 is 1.24 bits per heavy atom. The highest BCUT2D eigenvalue weighted by Gasteiger charge is 2.30. The van der Waals surface area contributed by atoms with Crippen LogP contribution in [0.25, 0.3) is 0 Å². The summed E-state index contributed by atoms with van der Waals surface area (Å²) in [7, 11) is 0. The molecule has 7 nitrogen and oxygen atoms in total. The van der Waals surface area contributed by atoms with E-state index in [0.29, 0.717) is 5.56 Å². The Labute approximate surface area is 144 Å². The van der Waals surface area contributed by atoms with Gasteiger partial charge in [-0.3, -0.25) is 9.59 Å². The molecule has 0 fully saturated rings. The van der Waals surface area contributed by atoms with E-state index < -0.39 is 41.6 Å². The fourth-order valence-corrected chi connectivity index (χ4v) is 2.27. The summed E-state index contributed by atoms with van der Waals surface area (Å²) >= 11 is 0. The van der Waals surface area contributed by atoms with Crippen LogP contribution in [0.15, 0.2) is 24.3 Å². The average molecular weight is 349 g/mol. The summed E-state index contributed by atoms with van der Waals surface area (Å²) in [5.41, 5.74) is 0.604. The van der Waals surface area contributed by atoms with Gasteiger partial charge < -0.3 is 15.7 Å². The Morgan fingerprint density at radius 2 is 1.84 bits per heavy atom. The zero-order chi connectivity index (χ0) is 19.0. The predicted octanol–water partition coefficient (Wildman–Crippen LogP) is 0.992. The second-order valence-electron chi connectivity index (χ2n) is 5.75. The van der Waals surface area contributed by atoms with Gasteiger partial charge in [-0.15, -0.1) is 0 Å². The van der Waals surface area contributed by atoms with Gasteiger partial charge in [-0.2, -0.15) is 5.26 Å². The second-order valence-corrected chi connectivity index (χ2v) is 5.75. The van der Waals surface area contributed by atoms with Gasteiger partial charge >= 0.3 is 5.97 Å². The van der Waals surface area contributed by atoms with Crippen LogP contribution in [0.1, 0.15) is 25.8 Å². The van der Waals surface area contributed by atoms with Crippen molar-refractivity contribution < 1.29 is 23.9 Å². The van der Waals surface area contributed by atoms with Crippen molar-refractivity contribution in [1.29, 1.82) is 5.26 Å². The summed E-state index contributed by atoms with van der Waals surface area (Å²) < 4.78 is 13.0. The highest BCUT2D eigenvalue weighted by Crippen LogP contribution is 2.10. The third-order valence-corrected chi connectivity index (χ3v) is 3.59. The Bertz CT molecular complexity index is 669.